The Labute approximate surface area is 687 Å². The number of aromatic nitrogens is 5. The molecule has 1 aromatic carbocycles. The first-order valence-electron chi connectivity index (χ1n) is 40.1. The highest BCUT2D eigenvalue weighted by Crippen LogP contribution is 2.45. The standard InChI is InChI=1S/C44H66ClN5O10.C41H57N3O11.H2O/c1-13-33-44(9)37(50(42(55)60-44)17-15-14-16-49-22-31(47-23-49)30-18-24(2)39(45)46-21-30)27(5)34(51)25(3)20-43(8,56-12)38(28(6)35(52)29(7)40(54)58-33)59-41-36(53)32(48(10)11)19-26(4)57-41;1-12-31-40(7,55-39(49)44-19-18-42-23-44)21-24(2)32(45)25(3)22-41(8,50-11)35(27(5)33(46)28(6)36(47)52-31)54-38-34(30(43(9)10)20-26(4)51-38)53-37(48)29-16-14-13-15-17-29;/h18,21-23,25-29,32-33,36-38,41,53H,13-17,19-20H2,1-12H3;13-19,21,23,25-28,30-31,34-35,38H,12,20,22H2,1-11H3;1H2/b;24-21+;/t25-,26-,27+,28+,29-,32+,33-,36-,37-,38-,41+,43+,44-;25-,26-,27+,28-,30+,31-,34-,35-,38+,40+,41+;/m11./s1. The van der Waals surface area contributed by atoms with Crippen LogP contribution in [0.2, 0.25) is 5.15 Å². The van der Waals surface area contributed by atoms with Crippen LogP contribution in [-0.4, -0.2) is 253 Å². The van der Waals surface area contributed by atoms with E-state index in [1.807, 2.05) is 89.4 Å². The molecule has 1 amide bonds. The van der Waals surface area contributed by atoms with E-state index in [1.165, 1.54) is 52.9 Å². The monoisotopic (exact) mass is 1640 g/mol. The van der Waals surface area contributed by atoms with Gasteiger partial charge in [-0.25, -0.2) is 33.9 Å². The van der Waals surface area contributed by atoms with Crippen LogP contribution in [0.15, 0.2) is 85.5 Å². The highest BCUT2D eigenvalue weighted by atomic mass is 35.5. The molecule has 5 aliphatic rings. The first-order chi connectivity index (χ1) is 54.0. The average Bonchev–Trinajstić information content (AvgIpc) is 1.53. The van der Waals surface area contributed by atoms with Gasteiger partial charge in [0.1, 0.15) is 47.4 Å². The largest absolute Gasteiger partial charge is 0.458 e. The smallest absolute Gasteiger partial charge is 0.420 e. The molecule has 116 heavy (non-hydrogen) atoms. The minimum Gasteiger partial charge on any atom is -0.458 e. The number of hydrogen-bond acceptors (Lipinski definition) is 26. The van der Waals surface area contributed by atoms with Gasteiger partial charge in [0.2, 0.25) is 0 Å². The topological polar surface area (TPSA) is 365 Å². The van der Waals surface area contributed by atoms with Crippen LogP contribution in [0.3, 0.4) is 0 Å². The molecular formula is C85H125ClN8O22. The van der Waals surface area contributed by atoms with Crippen molar-refractivity contribution in [2.75, 3.05) is 49.0 Å². The van der Waals surface area contributed by atoms with Crippen LogP contribution in [0.4, 0.5) is 9.59 Å². The van der Waals surface area contributed by atoms with Crippen LogP contribution in [0.25, 0.3) is 11.3 Å². The van der Waals surface area contributed by atoms with Gasteiger partial charge in [-0.2, -0.15) is 0 Å². The van der Waals surface area contributed by atoms with E-state index >= 15 is 0 Å². The zero-order valence-electron chi connectivity index (χ0n) is 71.7. The van der Waals surface area contributed by atoms with Gasteiger partial charge < -0.3 is 82.0 Å². The van der Waals surface area contributed by atoms with Crippen molar-refractivity contribution < 1.29 is 106 Å². The molecule has 4 aromatic rings. The van der Waals surface area contributed by atoms with Gasteiger partial charge >= 0.3 is 30.1 Å². The minimum absolute atomic E-state index is 0. The molecule has 0 aliphatic carbocycles. The molecule has 24 atom stereocenters. The van der Waals surface area contributed by atoms with E-state index in [4.69, 9.17) is 63.7 Å². The van der Waals surface area contributed by atoms with Crippen molar-refractivity contribution in [3.63, 3.8) is 0 Å². The number of allylic oxidation sites excluding steroid dienone is 1. The lowest BCUT2D eigenvalue weighted by atomic mass is 9.73. The third-order valence-electron chi connectivity index (χ3n) is 24.0. The Balaban J connectivity index is 0.000000319. The molecule has 9 rings (SSSR count). The molecule has 3 N–H and O–H groups in total. The second-order valence-corrected chi connectivity index (χ2v) is 33.7. The van der Waals surface area contributed by atoms with Crippen LogP contribution in [-0.2, 0) is 87.4 Å². The summed E-state index contributed by atoms with van der Waals surface area (Å²) in [7, 11) is 10.4. The minimum atomic E-state index is -1.61. The average molecular weight is 1650 g/mol. The Hall–Kier alpha value is -7.75. The van der Waals surface area contributed by atoms with Crippen molar-refractivity contribution in [2.24, 2.45) is 41.4 Å². The molecule has 644 valence electrons. The lowest BCUT2D eigenvalue weighted by Crippen LogP contribution is -2.60. The van der Waals surface area contributed by atoms with Crippen molar-refractivity contribution in [2.45, 2.75) is 278 Å². The fraction of sp³-hybridized carbons (Fsp3) is 0.671. The van der Waals surface area contributed by atoms with Crippen LogP contribution in [0, 0.1) is 48.3 Å². The van der Waals surface area contributed by atoms with E-state index < -0.39 is 161 Å². The van der Waals surface area contributed by atoms with Crippen molar-refractivity contribution in [3.05, 3.63) is 102 Å². The Morgan fingerprint density at radius 2 is 1.23 bits per heavy atom. The van der Waals surface area contributed by atoms with Crippen molar-refractivity contribution in [1.82, 2.24) is 38.8 Å². The number of ketones is 4. The summed E-state index contributed by atoms with van der Waals surface area (Å²) in [5, 5.41) is 11.9. The number of carbonyl (C=O) groups is 9. The van der Waals surface area contributed by atoms with Crippen LogP contribution in [0.5, 0.6) is 0 Å². The number of pyridine rings is 1. The van der Waals surface area contributed by atoms with E-state index in [-0.39, 0.29) is 79.1 Å². The fourth-order valence-electron chi connectivity index (χ4n) is 17.3. The summed E-state index contributed by atoms with van der Waals surface area (Å²) < 4.78 is 71.7. The van der Waals surface area contributed by atoms with Gasteiger partial charge in [-0.05, 0) is 184 Å². The summed E-state index contributed by atoms with van der Waals surface area (Å²) in [6, 6.07) is 9.10. The number of Topliss-reactive ketones (excluding diaryl/α,β-unsaturated/α-hetero) is 4. The maximum Gasteiger partial charge on any atom is 0.420 e. The summed E-state index contributed by atoms with van der Waals surface area (Å²) in [6.45, 7) is 30.1. The van der Waals surface area contributed by atoms with Gasteiger partial charge in [0.05, 0.1) is 65.3 Å². The third kappa shape index (κ3) is 21.6. The number of aliphatic hydroxyl groups is 1. The Kier molecular flexibility index (Phi) is 33.2. The van der Waals surface area contributed by atoms with Crippen molar-refractivity contribution in [3.8, 4) is 11.3 Å². The van der Waals surface area contributed by atoms with Crippen LogP contribution >= 0.6 is 11.6 Å². The number of ether oxygens (including phenoxy) is 11. The summed E-state index contributed by atoms with van der Waals surface area (Å²) in [5.41, 5.74) is -2.53. The molecule has 5 aliphatic heterocycles. The van der Waals surface area contributed by atoms with Gasteiger partial charge in [0, 0.05) is 93.3 Å². The van der Waals surface area contributed by atoms with Gasteiger partial charge in [0.25, 0.3) is 0 Å². The number of methoxy groups -OCH3 is 2. The van der Waals surface area contributed by atoms with Crippen molar-refractivity contribution >= 4 is 64.8 Å². The Morgan fingerprint density at radius 3 is 1.78 bits per heavy atom. The lowest BCUT2D eigenvalue weighted by molar-refractivity contribution is -0.295. The number of cyclic esters (lactones) is 2. The molecule has 4 fully saturated rings. The summed E-state index contributed by atoms with van der Waals surface area (Å²) >= 11 is 6.12. The number of hydrogen-bond donors (Lipinski definition) is 1. The number of halogens is 1. The molecule has 8 heterocycles. The molecule has 0 bridgehead atoms. The molecular weight excluding hydrogens is 1520 g/mol. The van der Waals surface area contributed by atoms with Gasteiger partial charge in [-0.15, -0.1) is 0 Å². The highest BCUT2D eigenvalue weighted by molar-refractivity contribution is 6.30. The number of nitrogens with zero attached hydrogens (tertiary/aromatic N) is 8. The van der Waals surface area contributed by atoms with Gasteiger partial charge in [-0.1, -0.05) is 78.3 Å². The number of aryl methyl sites for hydroxylation is 2. The van der Waals surface area contributed by atoms with Crippen LogP contribution in [0.1, 0.15) is 178 Å². The second-order valence-electron chi connectivity index (χ2n) is 33.4. The molecule has 0 saturated carbocycles. The third-order valence-corrected chi connectivity index (χ3v) is 24.4. The zero-order valence-corrected chi connectivity index (χ0v) is 72.4. The normalized spacial score (nSPS) is 35.1. The molecule has 0 spiro atoms. The first-order valence-corrected chi connectivity index (χ1v) is 40.5. The summed E-state index contributed by atoms with van der Waals surface area (Å²) in [6.07, 6.45) is 3.49. The number of imidazole rings is 2. The quantitative estimate of drug-likeness (QED) is 0.0299. The summed E-state index contributed by atoms with van der Waals surface area (Å²) in [4.78, 5) is 144. The number of aliphatic hydroxyl groups excluding tert-OH is 1. The zero-order chi connectivity index (χ0) is 85.3. The molecule has 30 nitrogen and oxygen atoms in total. The highest BCUT2D eigenvalue weighted by Gasteiger charge is 2.61. The fourth-order valence-corrected chi connectivity index (χ4v) is 17.4. The van der Waals surface area contributed by atoms with Crippen LogP contribution < -0.4 is 0 Å². The second kappa shape index (κ2) is 40.3. The maximum absolute atomic E-state index is 14.7. The predicted octanol–water partition coefficient (Wildman–Crippen LogP) is 10.5. The first kappa shape index (κ1) is 95.4. The van der Waals surface area contributed by atoms with E-state index in [2.05, 4.69) is 15.0 Å². The molecule has 3 aromatic heterocycles. The number of rotatable bonds is 19. The number of esters is 3. The van der Waals surface area contributed by atoms with E-state index in [0.29, 0.717) is 42.9 Å². The lowest BCUT2D eigenvalue weighted by Gasteiger charge is -2.47. The van der Waals surface area contributed by atoms with E-state index in [1.54, 1.807) is 117 Å². The Morgan fingerprint density at radius 1 is 0.690 bits per heavy atom. The number of benzene rings is 1. The number of carbonyl (C=O) groups excluding carboxylic acids is 9. The van der Waals surface area contributed by atoms with Gasteiger partial charge in [-0.3, -0.25) is 28.8 Å². The van der Waals surface area contributed by atoms with Gasteiger partial charge in [0.15, 0.2) is 47.2 Å². The number of likely N-dealkylation sites (N-methyl/N-ethyl adjacent to an activating group) is 2. The maximum atomic E-state index is 14.7. The molecule has 31 heteroatoms. The van der Waals surface area contributed by atoms with Crippen molar-refractivity contribution in [1.29, 1.82) is 0 Å². The van der Waals surface area contributed by atoms with E-state index in [9.17, 15) is 48.3 Å². The summed E-state index contributed by atoms with van der Waals surface area (Å²) in [5.74, 6) is -10.2. The molecule has 0 unspecified atom stereocenters. The predicted molar refractivity (Wildman–Crippen MR) is 429 cm³/mol. The molecule has 0 radical (unpaired) electrons. The van der Waals surface area contributed by atoms with E-state index in [0.717, 1.165) is 21.4 Å². The molecule has 4 saturated heterocycles. The number of amides is 1. The number of fused-ring (bicyclic) bond motifs is 1. The number of unbranched alkanes of at least 4 members (excludes halogenated alkanes) is 1. The SMILES string of the molecule is CC[C@H]1OC(=O)[C@H](C)C(=O)[C@H](C)[C@@H](O[C@@H]2O[C@H](C)C[C@H](N(C)C)[C@H]2O)[C@@](C)(OC)C[C@@H](C)C(=O)[C@H](C)[C@H]2N(CCCCn3cnc(-c4cnc(Cl)c(C)c4)c3)C(=O)O[C@]12C.CC[C@H]1OC(=O)[C@H](C)C(=O)[C@H](C)[C@@H](O[C@@H]2O[C@H](C)C[C@H](N(C)C)[C@H]2OC(=O)c2ccccc2)[C@@](C)(OC)C[C@@H](C)C(=O)/C(C)=C/[C@]1(C)OC(=O)n1ccnc1.O. The Bertz CT molecular complexity index is 4070.